The highest BCUT2D eigenvalue weighted by Crippen LogP contribution is 1.81. The van der Waals surface area contributed by atoms with Gasteiger partial charge in [-0.05, 0) is 6.92 Å². The molecule has 0 fully saturated rings. The van der Waals surface area contributed by atoms with Crippen LogP contribution in [0.25, 0.3) is 0 Å². The van der Waals surface area contributed by atoms with E-state index in [1.54, 1.807) is 6.20 Å². The van der Waals surface area contributed by atoms with Crippen LogP contribution in [-0.2, 0) is 0 Å². The fourth-order valence-corrected chi connectivity index (χ4v) is 0.328. The molecular weight excluding hydrogens is 88.1 g/mol. The van der Waals surface area contributed by atoms with E-state index in [1.807, 2.05) is 6.92 Å². The van der Waals surface area contributed by atoms with Crippen molar-refractivity contribution < 1.29 is 1.37 Å². The molecule has 0 aliphatic heterocycles. The van der Waals surface area contributed by atoms with E-state index < -0.39 is 0 Å². The largest absolute Gasteiger partial charge is 0.261 e. The van der Waals surface area contributed by atoms with Crippen molar-refractivity contribution in [3.05, 3.63) is 24.3 Å². The van der Waals surface area contributed by atoms with Gasteiger partial charge >= 0.3 is 0 Å². The summed E-state index contributed by atoms with van der Waals surface area (Å²) in [5, 5.41) is 0. The van der Waals surface area contributed by atoms with Gasteiger partial charge in [0.2, 0.25) is 0 Å². The summed E-state index contributed by atoms with van der Waals surface area (Å²) < 4.78 is 6.92. The highest BCUT2D eigenvalue weighted by molar-refractivity contribution is 4.88. The fraction of sp³-hybridized carbons (Fsp3) is 0.200. The maximum atomic E-state index is 6.92. The number of aryl methyl sites for hydroxylation is 1. The average Bonchev–Trinajstić information content (AvgIpc) is 1.77. The second-order valence-corrected chi connectivity index (χ2v) is 1.29. The smallest absolute Gasteiger partial charge is 0.0857 e. The van der Waals surface area contributed by atoms with E-state index in [4.69, 9.17) is 1.37 Å². The van der Waals surface area contributed by atoms with Gasteiger partial charge < -0.3 is 0 Å². The van der Waals surface area contributed by atoms with Gasteiger partial charge in [0.15, 0.2) is 0 Å². The Bertz CT molecular complexity index is 149. The molecule has 36 valence electrons. The molecule has 0 bridgehead atoms. The van der Waals surface area contributed by atoms with E-state index in [1.165, 1.54) is 6.20 Å². The van der Waals surface area contributed by atoms with Crippen LogP contribution in [0.15, 0.2) is 18.6 Å². The van der Waals surface area contributed by atoms with E-state index in [-0.39, 0.29) is 6.17 Å². The van der Waals surface area contributed by atoms with Crippen molar-refractivity contribution >= 4 is 0 Å². The first kappa shape index (κ1) is 3.13. The molecule has 1 aromatic heterocycles. The SMILES string of the molecule is [2H]c1cnc(C)cn1. The highest BCUT2D eigenvalue weighted by atomic mass is 14.7. The van der Waals surface area contributed by atoms with Gasteiger partial charge in [-0.3, -0.25) is 9.97 Å². The van der Waals surface area contributed by atoms with Crippen LogP contribution in [0, 0.1) is 6.92 Å². The molecular formula is C5H6N2. The van der Waals surface area contributed by atoms with Crippen LogP contribution >= 0.6 is 0 Å². The fourth-order valence-electron chi connectivity index (χ4n) is 0.328. The van der Waals surface area contributed by atoms with Crippen molar-refractivity contribution in [3.63, 3.8) is 0 Å². The molecule has 0 amide bonds. The lowest BCUT2D eigenvalue weighted by molar-refractivity contribution is 1.12. The zero-order valence-electron chi connectivity index (χ0n) is 5.05. The molecule has 0 unspecified atom stereocenters. The Balaban J connectivity index is 3.03. The standard InChI is InChI=1S/C5H6N2/c1-5-4-6-2-3-7-5/h2-4H,1H3/i2D. The second-order valence-electron chi connectivity index (χ2n) is 1.29. The highest BCUT2D eigenvalue weighted by Gasteiger charge is 1.74. The van der Waals surface area contributed by atoms with Crippen LogP contribution in [-0.4, -0.2) is 9.97 Å². The molecule has 0 aliphatic rings. The summed E-state index contributed by atoms with van der Waals surface area (Å²) in [6.45, 7) is 1.84. The lowest BCUT2D eigenvalue weighted by atomic mass is 10.5. The molecule has 0 aromatic carbocycles. The van der Waals surface area contributed by atoms with Crippen molar-refractivity contribution in [1.29, 1.82) is 0 Å². The summed E-state index contributed by atoms with van der Waals surface area (Å²) in [4.78, 5) is 7.51. The summed E-state index contributed by atoms with van der Waals surface area (Å²) in [5.74, 6) is 0. The summed E-state index contributed by atoms with van der Waals surface area (Å²) in [7, 11) is 0. The van der Waals surface area contributed by atoms with Crippen LogP contribution in [0.1, 0.15) is 7.06 Å². The first-order valence-electron chi connectivity index (χ1n) is 2.54. The first-order valence-corrected chi connectivity index (χ1v) is 2.04. The Morgan fingerprint density at radius 3 is 3.14 bits per heavy atom. The third-order valence-corrected chi connectivity index (χ3v) is 0.652. The first-order chi connectivity index (χ1) is 3.79. The normalized spacial score (nSPS) is 10.7. The Morgan fingerprint density at radius 2 is 2.71 bits per heavy atom. The van der Waals surface area contributed by atoms with Gasteiger partial charge in [0, 0.05) is 18.6 Å². The number of rotatable bonds is 0. The molecule has 0 N–H and O–H groups in total. The Labute approximate surface area is 43.6 Å². The van der Waals surface area contributed by atoms with Crippen molar-refractivity contribution in [2.24, 2.45) is 0 Å². The molecule has 0 radical (unpaired) electrons. The van der Waals surface area contributed by atoms with Crippen molar-refractivity contribution in [3.8, 4) is 0 Å². The van der Waals surface area contributed by atoms with Gasteiger partial charge in [-0.1, -0.05) is 0 Å². The number of hydrogen-bond acceptors (Lipinski definition) is 2. The Morgan fingerprint density at radius 1 is 1.86 bits per heavy atom. The minimum Gasteiger partial charge on any atom is -0.261 e. The molecule has 0 saturated carbocycles. The van der Waals surface area contributed by atoms with Crippen LogP contribution < -0.4 is 0 Å². The van der Waals surface area contributed by atoms with Gasteiger partial charge in [0.1, 0.15) is 0 Å². The summed E-state index contributed by atoms with van der Waals surface area (Å²) >= 11 is 0. The third kappa shape index (κ3) is 0.961. The van der Waals surface area contributed by atoms with Crippen molar-refractivity contribution in [2.75, 3.05) is 0 Å². The number of hydrogen-bond donors (Lipinski definition) is 0. The summed E-state index contributed by atoms with van der Waals surface area (Å²) in [6, 6.07) is 0. The van der Waals surface area contributed by atoms with Gasteiger partial charge in [-0.15, -0.1) is 0 Å². The monoisotopic (exact) mass is 95.1 g/mol. The van der Waals surface area contributed by atoms with Crippen molar-refractivity contribution in [1.82, 2.24) is 9.97 Å². The maximum absolute atomic E-state index is 6.92. The van der Waals surface area contributed by atoms with Crippen molar-refractivity contribution in [2.45, 2.75) is 6.92 Å². The molecule has 0 aliphatic carbocycles. The lowest BCUT2D eigenvalue weighted by Gasteiger charge is -1.81. The van der Waals surface area contributed by atoms with E-state index in [0.717, 1.165) is 5.69 Å². The zero-order chi connectivity index (χ0) is 5.98. The molecule has 2 heteroatoms. The third-order valence-electron chi connectivity index (χ3n) is 0.652. The molecule has 0 spiro atoms. The topological polar surface area (TPSA) is 25.8 Å². The molecule has 7 heavy (non-hydrogen) atoms. The van der Waals surface area contributed by atoms with Crippen LogP contribution in [0.3, 0.4) is 0 Å². The zero-order valence-corrected chi connectivity index (χ0v) is 4.05. The number of aromatic nitrogens is 2. The average molecular weight is 95.1 g/mol. The second kappa shape index (κ2) is 1.69. The summed E-state index contributed by atoms with van der Waals surface area (Å²) in [6.07, 6.45) is 3.22. The van der Waals surface area contributed by atoms with Crippen LogP contribution in [0.2, 0.25) is 0 Å². The van der Waals surface area contributed by atoms with Gasteiger partial charge in [0.25, 0.3) is 0 Å². The van der Waals surface area contributed by atoms with E-state index in [0.29, 0.717) is 0 Å². The quantitative estimate of drug-likeness (QED) is 0.476. The molecule has 0 atom stereocenters. The maximum Gasteiger partial charge on any atom is 0.0857 e. The molecule has 0 saturated heterocycles. The molecule has 1 rings (SSSR count). The minimum absolute atomic E-state index is 0.218. The Kier molecular flexibility index (Phi) is 0.754. The molecule has 1 aromatic rings. The van der Waals surface area contributed by atoms with E-state index in [2.05, 4.69) is 9.97 Å². The van der Waals surface area contributed by atoms with Gasteiger partial charge in [0.05, 0.1) is 7.06 Å². The predicted molar refractivity (Wildman–Crippen MR) is 26.8 cm³/mol. The van der Waals surface area contributed by atoms with E-state index >= 15 is 0 Å². The Hall–Kier alpha value is -0.920. The minimum atomic E-state index is 0.218. The van der Waals surface area contributed by atoms with Crippen LogP contribution in [0.4, 0.5) is 0 Å². The molecule has 1 heterocycles. The summed E-state index contributed by atoms with van der Waals surface area (Å²) in [5.41, 5.74) is 0.848. The van der Waals surface area contributed by atoms with Gasteiger partial charge in [-0.2, -0.15) is 0 Å². The van der Waals surface area contributed by atoms with Crippen LogP contribution in [0.5, 0.6) is 0 Å². The van der Waals surface area contributed by atoms with Gasteiger partial charge in [-0.25, -0.2) is 0 Å². The number of nitrogens with zero attached hydrogens (tertiary/aromatic N) is 2. The molecule has 2 nitrogen and oxygen atoms in total. The van der Waals surface area contributed by atoms with E-state index in [9.17, 15) is 0 Å². The predicted octanol–water partition coefficient (Wildman–Crippen LogP) is 0.785. The lowest BCUT2D eigenvalue weighted by Crippen LogP contribution is -1.77.